The summed E-state index contributed by atoms with van der Waals surface area (Å²) in [7, 11) is 1.72. The largest absolute Gasteiger partial charge is 0.383 e. The Bertz CT molecular complexity index is 497. The van der Waals surface area contributed by atoms with Crippen molar-refractivity contribution >= 4 is 17.5 Å². The number of halogens is 1. The molecule has 22 heavy (non-hydrogen) atoms. The Labute approximate surface area is 138 Å². The summed E-state index contributed by atoms with van der Waals surface area (Å²) >= 11 is 6.15. The fraction of sp³-hybridized carbons (Fsp3) is 0.588. The molecule has 0 saturated carbocycles. The Morgan fingerprint density at radius 3 is 2.50 bits per heavy atom. The van der Waals surface area contributed by atoms with Crippen molar-refractivity contribution in [3.8, 4) is 0 Å². The Morgan fingerprint density at radius 2 is 1.91 bits per heavy atom. The number of nitrogens with zero attached hydrogens (tertiary/aromatic N) is 2. The van der Waals surface area contributed by atoms with Crippen molar-refractivity contribution in [2.45, 2.75) is 32.4 Å². The van der Waals surface area contributed by atoms with Gasteiger partial charge in [0.25, 0.3) is 0 Å². The standard InChI is InChI=1S/C17H25ClN2O2/c1-13-11-19(12-14(2)20(13)8-9-22-3)17(21)10-15-6-4-5-7-16(15)18/h4-7,13-14H,8-12H2,1-3H3. The molecule has 2 rings (SSSR count). The van der Waals surface area contributed by atoms with Gasteiger partial charge in [-0.3, -0.25) is 9.69 Å². The molecule has 0 bridgehead atoms. The Morgan fingerprint density at radius 1 is 1.27 bits per heavy atom. The predicted molar refractivity (Wildman–Crippen MR) is 89.2 cm³/mol. The molecule has 1 amide bonds. The number of benzene rings is 1. The molecule has 122 valence electrons. The minimum atomic E-state index is 0.151. The van der Waals surface area contributed by atoms with Crippen molar-refractivity contribution in [1.82, 2.24) is 9.80 Å². The second-order valence-corrected chi connectivity index (χ2v) is 6.40. The monoisotopic (exact) mass is 324 g/mol. The first kappa shape index (κ1) is 17.3. The molecule has 0 radical (unpaired) electrons. The van der Waals surface area contributed by atoms with Crippen LogP contribution in [0.15, 0.2) is 24.3 Å². The van der Waals surface area contributed by atoms with E-state index in [2.05, 4.69) is 18.7 Å². The third-order valence-electron chi connectivity index (χ3n) is 4.31. The number of piperazine rings is 1. The van der Waals surface area contributed by atoms with E-state index in [1.165, 1.54) is 0 Å². The molecule has 0 aromatic heterocycles. The van der Waals surface area contributed by atoms with E-state index in [1.807, 2.05) is 29.2 Å². The number of amides is 1. The zero-order chi connectivity index (χ0) is 16.1. The van der Waals surface area contributed by atoms with Crippen molar-refractivity contribution in [2.24, 2.45) is 0 Å². The quantitative estimate of drug-likeness (QED) is 0.834. The second-order valence-electron chi connectivity index (χ2n) is 6.00. The van der Waals surface area contributed by atoms with Crippen LogP contribution in [0.3, 0.4) is 0 Å². The first-order chi connectivity index (χ1) is 10.5. The van der Waals surface area contributed by atoms with Gasteiger partial charge in [-0.1, -0.05) is 29.8 Å². The third kappa shape index (κ3) is 4.22. The van der Waals surface area contributed by atoms with Crippen LogP contribution < -0.4 is 0 Å². The molecule has 0 aliphatic carbocycles. The first-order valence-electron chi connectivity index (χ1n) is 7.78. The van der Waals surface area contributed by atoms with Crippen LogP contribution in [-0.2, 0) is 16.0 Å². The molecule has 1 heterocycles. The lowest BCUT2D eigenvalue weighted by Gasteiger charge is -2.44. The second kappa shape index (κ2) is 7.95. The van der Waals surface area contributed by atoms with Crippen LogP contribution in [0.25, 0.3) is 0 Å². The SMILES string of the molecule is COCCN1C(C)CN(C(=O)Cc2ccccc2Cl)CC1C. The number of hydrogen-bond acceptors (Lipinski definition) is 3. The summed E-state index contributed by atoms with van der Waals surface area (Å²) in [6.45, 7) is 7.49. The molecule has 0 N–H and O–H groups in total. The van der Waals surface area contributed by atoms with Gasteiger partial charge in [-0.25, -0.2) is 0 Å². The molecule has 2 unspecified atom stereocenters. The Balaban J connectivity index is 1.96. The maximum absolute atomic E-state index is 12.6. The van der Waals surface area contributed by atoms with Crippen LogP contribution in [0.5, 0.6) is 0 Å². The number of methoxy groups -OCH3 is 1. The highest BCUT2D eigenvalue weighted by Gasteiger charge is 2.31. The third-order valence-corrected chi connectivity index (χ3v) is 4.68. The Hall–Kier alpha value is -1.10. The fourth-order valence-electron chi connectivity index (χ4n) is 3.11. The van der Waals surface area contributed by atoms with Crippen LogP contribution in [0, 0.1) is 0 Å². The van der Waals surface area contributed by atoms with E-state index in [0.29, 0.717) is 23.5 Å². The fourth-order valence-corrected chi connectivity index (χ4v) is 3.32. The molecule has 1 aromatic rings. The minimum absolute atomic E-state index is 0.151. The molecular formula is C17H25ClN2O2. The summed E-state index contributed by atoms with van der Waals surface area (Å²) in [5.74, 6) is 0.151. The van der Waals surface area contributed by atoms with E-state index >= 15 is 0 Å². The Kier molecular flexibility index (Phi) is 6.24. The first-order valence-corrected chi connectivity index (χ1v) is 8.16. The minimum Gasteiger partial charge on any atom is -0.383 e. The van der Waals surface area contributed by atoms with Gasteiger partial charge in [0.2, 0.25) is 5.91 Å². The lowest BCUT2D eigenvalue weighted by molar-refractivity contribution is -0.135. The van der Waals surface area contributed by atoms with E-state index in [-0.39, 0.29) is 5.91 Å². The van der Waals surface area contributed by atoms with Crippen molar-refractivity contribution in [2.75, 3.05) is 33.4 Å². The lowest BCUT2D eigenvalue weighted by Crippen LogP contribution is -2.58. The van der Waals surface area contributed by atoms with Crippen LogP contribution in [-0.4, -0.2) is 61.1 Å². The van der Waals surface area contributed by atoms with Gasteiger partial charge >= 0.3 is 0 Å². The number of carbonyl (C=O) groups is 1. The number of rotatable bonds is 5. The lowest BCUT2D eigenvalue weighted by atomic mass is 10.1. The van der Waals surface area contributed by atoms with Crippen molar-refractivity contribution in [3.05, 3.63) is 34.9 Å². The van der Waals surface area contributed by atoms with Gasteiger partial charge in [-0.2, -0.15) is 0 Å². The van der Waals surface area contributed by atoms with Gasteiger partial charge in [0, 0.05) is 43.9 Å². The highest BCUT2D eigenvalue weighted by Crippen LogP contribution is 2.19. The van der Waals surface area contributed by atoms with Gasteiger partial charge in [0.1, 0.15) is 0 Å². The van der Waals surface area contributed by atoms with Gasteiger partial charge < -0.3 is 9.64 Å². The molecule has 4 nitrogen and oxygen atoms in total. The zero-order valence-corrected chi connectivity index (χ0v) is 14.3. The van der Waals surface area contributed by atoms with Gasteiger partial charge in [-0.05, 0) is 25.5 Å². The van der Waals surface area contributed by atoms with Crippen molar-refractivity contribution < 1.29 is 9.53 Å². The summed E-state index contributed by atoms with van der Waals surface area (Å²) in [6.07, 6.45) is 0.372. The van der Waals surface area contributed by atoms with Crippen molar-refractivity contribution in [3.63, 3.8) is 0 Å². The average molecular weight is 325 g/mol. The van der Waals surface area contributed by atoms with Crippen LogP contribution in [0.1, 0.15) is 19.4 Å². The van der Waals surface area contributed by atoms with Gasteiger partial charge in [0.05, 0.1) is 13.0 Å². The van der Waals surface area contributed by atoms with Gasteiger partial charge in [0.15, 0.2) is 0 Å². The van der Waals surface area contributed by atoms with Crippen LogP contribution >= 0.6 is 11.6 Å². The number of hydrogen-bond donors (Lipinski definition) is 0. The molecule has 5 heteroatoms. The van der Waals surface area contributed by atoms with E-state index in [9.17, 15) is 4.79 Å². The normalized spacial score (nSPS) is 22.8. The molecule has 1 aliphatic rings. The summed E-state index contributed by atoms with van der Waals surface area (Å²) < 4.78 is 5.17. The molecular weight excluding hydrogens is 300 g/mol. The number of ether oxygens (including phenoxy) is 1. The van der Waals surface area contributed by atoms with Gasteiger partial charge in [-0.15, -0.1) is 0 Å². The summed E-state index contributed by atoms with van der Waals surface area (Å²) in [5.41, 5.74) is 0.899. The number of carbonyl (C=O) groups excluding carboxylic acids is 1. The van der Waals surface area contributed by atoms with E-state index in [4.69, 9.17) is 16.3 Å². The highest BCUT2D eigenvalue weighted by atomic mass is 35.5. The topological polar surface area (TPSA) is 32.8 Å². The average Bonchev–Trinajstić information content (AvgIpc) is 2.48. The molecule has 0 spiro atoms. The van der Waals surface area contributed by atoms with Crippen LogP contribution in [0.4, 0.5) is 0 Å². The van der Waals surface area contributed by atoms with E-state index < -0.39 is 0 Å². The smallest absolute Gasteiger partial charge is 0.227 e. The molecule has 1 aromatic carbocycles. The maximum Gasteiger partial charge on any atom is 0.227 e. The summed E-state index contributed by atoms with van der Waals surface area (Å²) in [4.78, 5) is 16.9. The van der Waals surface area contributed by atoms with Crippen molar-refractivity contribution in [1.29, 1.82) is 0 Å². The highest BCUT2D eigenvalue weighted by molar-refractivity contribution is 6.31. The van der Waals surface area contributed by atoms with E-state index in [1.54, 1.807) is 7.11 Å². The maximum atomic E-state index is 12.6. The molecule has 1 saturated heterocycles. The van der Waals surface area contributed by atoms with E-state index in [0.717, 1.165) is 31.8 Å². The van der Waals surface area contributed by atoms with Crippen LogP contribution in [0.2, 0.25) is 5.02 Å². The predicted octanol–water partition coefficient (Wildman–Crippen LogP) is 2.45. The molecule has 1 aliphatic heterocycles. The molecule has 1 fully saturated rings. The molecule has 2 atom stereocenters. The summed E-state index contributed by atoms with van der Waals surface area (Å²) in [6, 6.07) is 8.24. The zero-order valence-electron chi connectivity index (χ0n) is 13.6. The summed E-state index contributed by atoms with van der Waals surface area (Å²) in [5, 5.41) is 0.663.